The first-order valence-corrected chi connectivity index (χ1v) is 12.1. The molecule has 1 unspecified atom stereocenters. The van der Waals surface area contributed by atoms with E-state index < -0.39 is 23.3 Å². The van der Waals surface area contributed by atoms with Crippen LogP contribution in [0, 0.1) is 0 Å². The van der Waals surface area contributed by atoms with Gasteiger partial charge in [0.15, 0.2) is 0 Å². The van der Waals surface area contributed by atoms with E-state index in [0.717, 1.165) is 17.7 Å². The molecule has 2 N–H and O–H groups in total. The van der Waals surface area contributed by atoms with Gasteiger partial charge in [0.2, 0.25) is 0 Å². The lowest BCUT2D eigenvalue weighted by Gasteiger charge is -2.35. The molecule has 4 nitrogen and oxygen atoms in total. The van der Waals surface area contributed by atoms with Crippen LogP contribution in [0.15, 0.2) is 97.2 Å². The van der Waals surface area contributed by atoms with Crippen LogP contribution in [-0.4, -0.2) is 11.0 Å². The molecule has 1 aromatic heterocycles. The van der Waals surface area contributed by atoms with E-state index in [1.165, 1.54) is 12.3 Å². The second-order valence-electron chi connectivity index (χ2n) is 8.40. The van der Waals surface area contributed by atoms with Crippen LogP contribution in [0.2, 0.25) is 10.0 Å². The summed E-state index contributed by atoms with van der Waals surface area (Å²) in [6.45, 7) is 0.0774. The Morgan fingerprint density at radius 2 is 1.57 bits per heavy atom. The molecule has 0 saturated heterocycles. The monoisotopic (exact) mass is 543 g/mol. The molecule has 0 aliphatic carbocycles. The first-order chi connectivity index (χ1) is 17.7. The Morgan fingerprint density at radius 1 is 0.838 bits per heavy atom. The number of benzene rings is 3. The van der Waals surface area contributed by atoms with E-state index >= 15 is 0 Å². The van der Waals surface area contributed by atoms with Gasteiger partial charge in [-0.15, -0.1) is 0 Å². The molecule has 1 atom stereocenters. The van der Waals surface area contributed by atoms with Gasteiger partial charge in [0.1, 0.15) is 5.54 Å². The maximum absolute atomic E-state index is 13.7. The predicted octanol–water partition coefficient (Wildman–Crippen LogP) is 7.39. The molecule has 1 heterocycles. The number of urea groups is 1. The van der Waals surface area contributed by atoms with E-state index in [-0.39, 0.29) is 18.5 Å². The summed E-state index contributed by atoms with van der Waals surface area (Å²) in [5.74, 6) is 0. The van der Waals surface area contributed by atoms with Gasteiger partial charge in [0.25, 0.3) is 0 Å². The highest BCUT2D eigenvalue weighted by Gasteiger charge is 2.40. The molecule has 4 aromatic rings. The minimum atomic E-state index is -4.56. The molecular weight excluding hydrogens is 522 g/mol. The third-order valence-electron chi connectivity index (χ3n) is 5.88. The van der Waals surface area contributed by atoms with Crippen LogP contribution in [0.1, 0.15) is 27.9 Å². The molecule has 0 fully saturated rings. The highest BCUT2D eigenvalue weighted by molar-refractivity contribution is 6.35. The molecule has 4 rings (SSSR count). The highest BCUT2D eigenvalue weighted by Crippen LogP contribution is 2.36. The van der Waals surface area contributed by atoms with Gasteiger partial charge in [0.05, 0.1) is 11.3 Å². The number of alkyl halides is 3. The van der Waals surface area contributed by atoms with Crippen molar-refractivity contribution in [2.24, 2.45) is 0 Å². The number of aromatic nitrogens is 1. The Hall–Kier alpha value is -3.55. The molecule has 0 bridgehead atoms. The number of amides is 2. The molecule has 0 spiro atoms. The number of hydrogen-bond acceptors (Lipinski definition) is 2. The van der Waals surface area contributed by atoms with Crippen LogP contribution >= 0.6 is 23.2 Å². The SMILES string of the molecule is O=C(NCc1ccc(Cl)cc1Cl)NC(Cc1ccccc1)(c1cccc(C(F)(F)F)c1)c1ccccn1. The highest BCUT2D eigenvalue weighted by atomic mass is 35.5. The maximum atomic E-state index is 13.7. The third-order valence-corrected chi connectivity index (χ3v) is 6.47. The van der Waals surface area contributed by atoms with Crippen molar-refractivity contribution in [3.63, 3.8) is 0 Å². The van der Waals surface area contributed by atoms with Crippen molar-refractivity contribution < 1.29 is 18.0 Å². The summed E-state index contributed by atoms with van der Waals surface area (Å²) in [5, 5.41) is 6.54. The van der Waals surface area contributed by atoms with Crippen molar-refractivity contribution >= 4 is 29.2 Å². The summed E-state index contributed by atoms with van der Waals surface area (Å²) in [7, 11) is 0. The van der Waals surface area contributed by atoms with E-state index in [0.29, 0.717) is 21.3 Å². The van der Waals surface area contributed by atoms with Gasteiger partial charge in [-0.2, -0.15) is 13.2 Å². The zero-order valence-electron chi connectivity index (χ0n) is 19.4. The van der Waals surface area contributed by atoms with Crippen LogP contribution in [0.25, 0.3) is 0 Å². The van der Waals surface area contributed by atoms with Gasteiger partial charge in [0, 0.05) is 29.2 Å². The average molecular weight is 544 g/mol. The van der Waals surface area contributed by atoms with Crippen LogP contribution in [0.5, 0.6) is 0 Å². The van der Waals surface area contributed by atoms with Gasteiger partial charge in [-0.05, 0) is 53.1 Å². The minimum Gasteiger partial charge on any atom is -0.334 e. The molecule has 2 amide bonds. The topological polar surface area (TPSA) is 54.0 Å². The van der Waals surface area contributed by atoms with Gasteiger partial charge in [-0.1, -0.05) is 77.8 Å². The van der Waals surface area contributed by atoms with Crippen LogP contribution in [0.4, 0.5) is 18.0 Å². The zero-order valence-corrected chi connectivity index (χ0v) is 20.9. The molecule has 0 radical (unpaired) electrons. The number of nitrogens with zero attached hydrogens (tertiary/aromatic N) is 1. The third kappa shape index (κ3) is 6.42. The molecule has 3 aromatic carbocycles. The summed E-state index contributed by atoms with van der Waals surface area (Å²) in [6.07, 6.45) is -2.87. The fourth-order valence-corrected chi connectivity index (χ4v) is 4.55. The quantitative estimate of drug-likeness (QED) is 0.255. The first-order valence-electron chi connectivity index (χ1n) is 11.3. The largest absolute Gasteiger partial charge is 0.416 e. The van der Waals surface area contributed by atoms with Gasteiger partial charge >= 0.3 is 12.2 Å². The number of carbonyl (C=O) groups excluding carboxylic acids is 1. The lowest BCUT2D eigenvalue weighted by Crippen LogP contribution is -2.52. The molecule has 0 aliphatic heterocycles. The normalized spacial score (nSPS) is 13.0. The van der Waals surface area contributed by atoms with Crippen molar-refractivity contribution in [1.29, 1.82) is 0 Å². The van der Waals surface area contributed by atoms with E-state index in [1.807, 2.05) is 30.3 Å². The zero-order chi connectivity index (χ0) is 26.5. The standard InChI is InChI=1S/C28H22Cl2F3N3O/c29-23-13-12-20(24(30)16-23)18-35-26(37)36-27(25-11-4-5-14-34-25,17-19-7-2-1-3-8-19)21-9-6-10-22(15-21)28(31,32)33/h1-16H,17-18H2,(H2,35,36,37). The fourth-order valence-electron chi connectivity index (χ4n) is 4.08. The lowest BCUT2D eigenvalue weighted by atomic mass is 9.80. The van der Waals surface area contributed by atoms with E-state index in [1.54, 1.807) is 42.5 Å². The average Bonchev–Trinajstić information content (AvgIpc) is 2.88. The Kier molecular flexibility index (Phi) is 8.05. The lowest BCUT2D eigenvalue weighted by molar-refractivity contribution is -0.137. The summed E-state index contributed by atoms with van der Waals surface area (Å²) in [5.41, 5.74) is -0.188. The van der Waals surface area contributed by atoms with Crippen LogP contribution < -0.4 is 10.6 Å². The molecule has 0 saturated carbocycles. The molecule has 0 aliphatic rings. The summed E-state index contributed by atoms with van der Waals surface area (Å²) in [4.78, 5) is 17.7. The van der Waals surface area contributed by atoms with E-state index in [4.69, 9.17) is 23.2 Å². The number of nitrogens with one attached hydrogen (secondary N) is 2. The van der Waals surface area contributed by atoms with Crippen LogP contribution in [-0.2, 0) is 24.7 Å². The number of pyridine rings is 1. The number of halogens is 5. The molecule has 190 valence electrons. The Morgan fingerprint density at radius 3 is 2.24 bits per heavy atom. The van der Waals surface area contributed by atoms with E-state index in [9.17, 15) is 18.0 Å². The number of carbonyl (C=O) groups is 1. The number of rotatable bonds is 7. The predicted molar refractivity (Wildman–Crippen MR) is 138 cm³/mol. The van der Waals surface area contributed by atoms with E-state index in [2.05, 4.69) is 15.6 Å². The Bertz CT molecular complexity index is 1370. The van der Waals surface area contributed by atoms with Crippen molar-refractivity contribution in [3.8, 4) is 0 Å². The second kappa shape index (κ2) is 11.2. The van der Waals surface area contributed by atoms with Crippen LogP contribution in [0.3, 0.4) is 0 Å². The molecular formula is C28H22Cl2F3N3O. The van der Waals surface area contributed by atoms with Crippen molar-refractivity contribution in [3.05, 3.63) is 135 Å². The smallest absolute Gasteiger partial charge is 0.334 e. The van der Waals surface area contributed by atoms with Crippen molar-refractivity contribution in [2.45, 2.75) is 24.7 Å². The summed E-state index contributed by atoms with van der Waals surface area (Å²) in [6, 6.07) is 23.5. The van der Waals surface area contributed by atoms with Gasteiger partial charge < -0.3 is 10.6 Å². The van der Waals surface area contributed by atoms with Crippen molar-refractivity contribution in [2.75, 3.05) is 0 Å². The summed E-state index contributed by atoms with van der Waals surface area (Å²) >= 11 is 12.2. The molecule has 37 heavy (non-hydrogen) atoms. The Balaban J connectivity index is 1.77. The number of hydrogen-bond donors (Lipinski definition) is 2. The minimum absolute atomic E-state index is 0.0774. The second-order valence-corrected chi connectivity index (χ2v) is 9.25. The maximum Gasteiger partial charge on any atom is 0.416 e. The molecule has 9 heteroatoms. The van der Waals surface area contributed by atoms with Gasteiger partial charge in [-0.3, -0.25) is 4.98 Å². The Labute approximate surface area is 222 Å². The first kappa shape index (κ1) is 26.5. The summed E-state index contributed by atoms with van der Waals surface area (Å²) < 4.78 is 41.1. The van der Waals surface area contributed by atoms with Gasteiger partial charge in [-0.25, -0.2) is 4.79 Å². The fraction of sp³-hybridized carbons (Fsp3) is 0.143. The van der Waals surface area contributed by atoms with Crippen molar-refractivity contribution in [1.82, 2.24) is 15.6 Å².